The number of non-ortho nitro benzene ring substituents is 1. The first-order valence-corrected chi connectivity index (χ1v) is 7.98. The van der Waals surface area contributed by atoms with Crippen LogP contribution in [0.25, 0.3) is 0 Å². The number of nitro benzene ring substituents is 1. The Morgan fingerprint density at radius 2 is 1.75 bits per heavy atom. The van der Waals surface area contributed by atoms with E-state index in [1.807, 2.05) is 0 Å². The number of nitrogens with zero attached hydrogens (tertiary/aromatic N) is 1. The van der Waals surface area contributed by atoms with Gasteiger partial charge >= 0.3 is 11.9 Å². The van der Waals surface area contributed by atoms with E-state index >= 15 is 0 Å². The zero-order valence-corrected chi connectivity index (χ0v) is 15.5. The fourth-order valence-electron chi connectivity index (χ4n) is 1.99. The van der Waals surface area contributed by atoms with Crippen LogP contribution < -0.4 is 9.47 Å². The van der Waals surface area contributed by atoms with Crippen LogP contribution in [-0.4, -0.2) is 31.1 Å². The quantitative estimate of drug-likeness (QED) is 0.171. The third-order valence-electron chi connectivity index (χ3n) is 3.25. The molecule has 0 amide bonds. The molecule has 0 fully saturated rings. The van der Waals surface area contributed by atoms with E-state index in [9.17, 15) is 19.7 Å². The summed E-state index contributed by atoms with van der Waals surface area (Å²) in [6, 6.07) is 9.01. The van der Waals surface area contributed by atoms with Crippen molar-refractivity contribution in [1.82, 2.24) is 0 Å². The van der Waals surface area contributed by atoms with Gasteiger partial charge in [-0.15, -0.1) is 0 Å². The number of rotatable bonds is 7. The minimum absolute atomic E-state index is 0.0370. The van der Waals surface area contributed by atoms with E-state index in [0.29, 0.717) is 0 Å². The summed E-state index contributed by atoms with van der Waals surface area (Å²) in [5, 5.41) is 10.9. The van der Waals surface area contributed by atoms with E-state index in [1.54, 1.807) is 0 Å². The normalized spacial score (nSPS) is 10.8. The summed E-state index contributed by atoms with van der Waals surface area (Å²) in [4.78, 5) is 34.4. The van der Waals surface area contributed by atoms with Crippen LogP contribution >= 0.6 is 11.6 Å². The lowest BCUT2D eigenvalue weighted by atomic mass is 10.2. The first-order valence-electron chi connectivity index (χ1n) is 7.61. The fourth-order valence-corrected chi connectivity index (χ4v) is 2.16. The van der Waals surface area contributed by atoms with Crippen molar-refractivity contribution in [2.24, 2.45) is 0 Å². The third-order valence-corrected chi connectivity index (χ3v) is 3.49. The molecule has 0 aromatic heterocycles. The molecule has 0 N–H and O–H groups in total. The SMILES string of the molecule is COC=C(Oc1ccc(Cl)cc1C(=O)Oc1ccc([N+](=O)[O-])cc1)C(=O)OC. The van der Waals surface area contributed by atoms with Gasteiger partial charge in [0.05, 0.1) is 19.1 Å². The number of benzene rings is 2. The van der Waals surface area contributed by atoms with Crippen LogP contribution in [0.1, 0.15) is 10.4 Å². The van der Waals surface area contributed by atoms with Gasteiger partial charge in [-0.25, -0.2) is 9.59 Å². The number of nitro groups is 1. The Morgan fingerprint density at radius 1 is 1.07 bits per heavy atom. The Labute approximate surface area is 164 Å². The average Bonchev–Trinajstić information content (AvgIpc) is 2.68. The highest BCUT2D eigenvalue weighted by Gasteiger charge is 2.21. The van der Waals surface area contributed by atoms with Crippen molar-refractivity contribution in [2.75, 3.05) is 14.2 Å². The van der Waals surface area contributed by atoms with Gasteiger partial charge in [0, 0.05) is 17.2 Å². The van der Waals surface area contributed by atoms with E-state index < -0.39 is 16.9 Å². The molecule has 0 aliphatic carbocycles. The molecule has 0 saturated heterocycles. The number of hydrogen-bond acceptors (Lipinski definition) is 8. The summed E-state index contributed by atoms with van der Waals surface area (Å²) < 4.78 is 20.0. The van der Waals surface area contributed by atoms with Crippen LogP contribution in [0.4, 0.5) is 5.69 Å². The Kier molecular flexibility index (Phi) is 6.94. The smallest absolute Gasteiger partial charge is 0.377 e. The zero-order chi connectivity index (χ0) is 20.7. The van der Waals surface area contributed by atoms with Crippen LogP contribution in [-0.2, 0) is 14.3 Å². The Bertz CT molecular complexity index is 924. The molecule has 2 aromatic rings. The molecule has 146 valence electrons. The Balaban J connectivity index is 2.30. The van der Waals surface area contributed by atoms with Crippen molar-refractivity contribution in [3.05, 3.63) is 75.2 Å². The van der Waals surface area contributed by atoms with Gasteiger partial charge in [-0.1, -0.05) is 11.6 Å². The molecule has 0 aliphatic rings. The summed E-state index contributed by atoms with van der Waals surface area (Å²) in [5.41, 5.74) is -0.240. The second kappa shape index (κ2) is 9.38. The Morgan fingerprint density at radius 3 is 2.32 bits per heavy atom. The number of hydrogen-bond donors (Lipinski definition) is 0. The molecule has 2 aromatic carbocycles. The monoisotopic (exact) mass is 407 g/mol. The van der Waals surface area contributed by atoms with Gasteiger partial charge in [0.15, 0.2) is 0 Å². The second-order valence-corrected chi connectivity index (χ2v) is 5.53. The van der Waals surface area contributed by atoms with Crippen molar-refractivity contribution in [3.8, 4) is 11.5 Å². The molecule has 2 rings (SSSR count). The molecule has 28 heavy (non-hydrogen) atoms. The van der Waals surface area contributed by atoms with Crippen molar-refractivity contribution < 1.29 is 33.5 Å². The van der Waals surface area contributed by atoms with Crippen LogP contribution in [0.3, 0.4) is 0 Å². The van der Waals surface area contributed by atoms with Gasteiger partial charge in [-0.2, -0.15) is 0 Å². The van der Waals surface area contributed by atoms with Crippen molar-refractivity contribution in [2.45, 2.75) is 0 Å². The summed E-state index contributed by atoms with van der Waals surface area (Å²) >= 11 is 5.94. The van der Waals surface area contributed by atoms with Crippen molar-refractivity contribution in [3.63, 3.8) is 0 Å². The molecule has 0 bridgehead atoms. The predicted octanol–water partition coefficient (Wildman–Crippen LogP) is 3.51. The van der Waals surface area contributed by atoms with Gasteiger partial charge < -0.3 is 18.9 Å². The summed E-state index contributed by atoms with van der Waals surface area (Å²) in [6.07, 6.45) is 1.01. The molecule has 9 nitrogen and oxygen atoms in total. The summed E-state index contributed by atoms with van der Waals surface area (Å²) in [7, 11) is 2.46. The second-order valence-electron chi connectivity index (χ2n) is 5.09. The number of carbonyl (C=O) groups is 2. The molecule has 10 heteroatoms. The summed E-state index contributed by atoms with van der Waals surface area (Å²) in [6.45, 7) is 0. The zero-order valence-electron chi connectivity index (χ0n) is 14.7. The van der Waals surface area contributed by atoms with Crippen LogP contribution in [0.2, 0.25) is 5.02 Å². The van der Waals surface area contributed by atoms with E-state index in [2.05, 4.69) is 4.74 Å². The highest BCUT2D eigenvalue weighted by atomic mass is 35.5. The summed E-state index contributed by atoms with van der Waals surface area (Å²) in [5.74, 6) is -1.96. The molecule has 0 radical (unpaired) electrons. The molecular weight excluding hydrogens is 394 g/mol. The number of halogens is 1. The largest absolute Gasteiger partial charge is 0.500 e. The van der Waals surface area contributed by atoms with Gasteiger partial charge in [0.25, 0.3) is 5.69 Å². The highest BCUT2D eigenvalue weighted by Crippen LogP contribution is 2.27. The molecule has 0 spiro atoms. The topological polar surface area (TPSA) is 114 Å². The fraction of sp³-hybridized carbons (Fsp3) is 0.111. The maximum Gasteiger partial charge on any atom is 0.377 e. The molecule has 0 unspecified atom stereocenters. The number of esters is 2. The van der Waals surface area contributed by atoms with Crippen LogP contribution in [0.5, 0.6) is 11.5 Å². The molecule has 0 aliphatic heterocycles. The van der Waals surface area contributed by atoms with Gasteiger partial charge in [0.1, 0.15) is 23.3 Å². The van der Waals surface area contributed by atoms with Crippen molar-refractivity contribution in [1.29, 1.82) is 0 Å². The van der Waals surface area contributed by atoms with Gasteiger partial charge in [0.2, 0.25) is 5.76 Å². The highest BCUT2D eigenvalue weighted by molar-refractivity contribution is 6.31. The van der Waals surface area contributed by atoms with E-state index in [1.165, 1.54) is 49.6 Å². The molecular formula is C18H14ClNO8. The standard InChI is InChI=1S/C18H14ClNO8/c1-25-10-16(18(22)26-2)28-15-8-3-11(19)9-14(15)17(21)27-13-6-4-12(5-7-13)20(23)24/h3-10H,1-2H3. The first kappa shape index (κ1) is 20.7. The Hall–Kier alpha value is -3.59. The first-order chi connectivity index (χ1) is 13.3. The lowest BCUT2D eigenvalue weighted by Crippen LogP contribution is -2.15. The predicted molar refractivity (Wildman–Crippen MR) is 97.2 cm³/mol. The van der Waals surface area contributed by atoms with Crippen LogP contribution in [0, 0.1) is 10.1 Å². The van der Waals surface area contributed by atoms with Crippen LogP contribution in [0.15, 0.2) is 54.5 Å². The number of methoxy groups -OCH3 is 2. The van der Waals surface area contributed by atoms with E-state index in [-0.39, 0.29) is 33.5 Å². The third kappa shape index (κ3) is 5.21. The molecule has 0 saturated carbocycles. The van der Waals surface area contributed by atoms with Crippen molar-refractivity contribution >= 4 is 29.2 Å². The minimum Gasteiger partial charge on any atom is -0.500 e. The average molecular weight is 408 g/mol. The lowest BCUT2D eigenvalue weighted by molar-refractivity contribution is -0.384. The maximum absolute atomic E-state index is 12.5. The minimum atomic E-state index is -0.854. The number of carbonyl (C=O) groups excluding carboxylic acids is 2. The maximum atomic E-state index is 12.5. The van der Waals surface area contributed by atoms with E-state index in [0.717, 1.165) is 13.4 Å². The van der Waals surface area contributed by atoms with Gasteiger partial charge in [-0.05, 0) is 30.3 Å². The van der Waals surface area contributed by atoms with E-state index in [4.69, 9.17) is 25.8 Å². The molecule has 0 atom stereocenters. The molecule has 0 heterocycles. The lowest BCUT2D eigenvalue weighted by Gasteiger charge is -2.12. The number of ether oxygens (including phenoxy) is 4. The van der Waals surface area contributed by atoms with Gasteiger partial charge in [-0.3, -0.25) is 10.1 Å².